The predicted molar refractivity (Wildman–Crippen MR) is 105 cm³/mol. The van der Waals surface area contributed by atoms with Crippen LogP contribution in [0.15, 0.2) is 23.1 Å². The molecule has 0 radical (unpaired) electrons. The first-order valence-corrected chi connectivity index (χ1v) is 11.0. The van der Waals surface area contributed by atoms with Crippen LogP contribution in [0.3, 0.4) is 0 Å². The third-order valence-corrected chi connectivity index (χ3v) is 6.74. The van der Waals surface area contributed by atoms with Crippen LogP contribution in [-0.2, 0) is 14.8 Å². The second kappa shape index (κ2) is 7.88. The Morgan fingerprint density at radius 2 is 1.68 bits per heavy atom. The van der Waals surface area contributed by atoms with Gasteiger partial charge in [0.05, 0.1) is 10.9 Å². The Balaban J connectivity index is 1.64. The summed E-state index contributed by atoms with van der Waals surface area (Å²) in [6, 6.07) is 4.40. The second-order valence-electron chi connectivity index (χ2n) is 8.16. The van der Waals surface area contributed by atoms with Crippen LogP contribution >= 0.6 is 0 Å². The van der Waals surface area contributed by atoms with Crippen LogP contribution < -0.4 is 14.8 Å². The van der Waals surface area contributed by atoms with Crippen molar-refractivity contribution in [3.8, 4) is 11.5 Å². The molecule has 0 saturated carbocycles. The van der Waals surface area contributed by atoms with Gasteiger partial charge < -0.3 is 14.8 Å². The Kier molecular flexibility index (Phi) is 5.88. The van der Waals surface area contributed by atoms with Crippen LogP contribution in [-0.4, -0.2) is 74.5 Å². The Labute approximate surface area is 166 Å². The molecule has 0 bridgehead atoms. The Morgan fingerprint density at radius 3 is 2.29 bits per heavy atom. The van der Waals surface area contributed by atoms with Crippen LogP contribution in [0.2, 0.25) is 0 Å². The normalized spacial score (nSPS) is 19.9. The molecule has 1 atom stereocenters. The van der Waals surface area contributed by atoms with Crippen molar-refractivity contribution in [3.05, 3.63) is 18.2 Å². The molecule has 3 rings (SSSR count). The van der Waals surface area contributed by atoms with Crippen molar-refractivity contribution < 1.29 is 22.7 Å². The molecule has 8 nitrogen and oxygen atoms in total. The quantitative estimate of drug-likeness (QED) is 0.797. The number of ether oxygens (including phenoxy) is 2. The number of amides is 1. The minimum atomic E-state index is -3.62. The van der Waals surface area contributed by atoms with Gasteiger partial charge in [0.15, 0.2) is 11.5 Å². The van der Waals surface area contributed by atoms with Gasteiger partial charge in [0.25, 0.3) is 0 Å². The summed E-state index contributed by atoms with van der Waals surface area (Å²) in [4.78, 5) is 14.6. The molecule has 1 saturated heterocycles. The standard InChI is InChI=1S/C19H29N3O5S/c1-14(18(23)20-19(2,3)4)21-7-9-22(10-8-21)28(24,25)15-5-6-16-17(13-15)27-12-11-26-16/h5-6,13-14H,7-12H2,1-4H3,(H,20,23)/t14-/m1/s1. The van der Waals surface area contributed by atoms with Crippen molar-refractivity contribution >= 4 is 15.9 Å². The molecule has 1 amide bonds. The van der Waals surface area contributed by atoms with Crippen molar-refractivity contribution in [1.29, 1.82) is 0 Å². The number of carbonyl (C=O) groups excluding carboxylic acids is 1. The van der Waals surface area contributed by atoms with Gasteiger partial charge in [-0.05, 0) is 39.8 Å². The molecule has 28 heavy (non-hydrogen) atoms. The van der Waals surface area contributed by atoms with Gasteiger partial charge in [-0.2, -0.15) is 4.31 Å². The molecule has 0 unspecified atom stereocenters. The fraction of sp³-hybridized carbons (Fsp3) is 0.632. The van der Waals surface area contributed by atoms with Gasteiger partial charge in [-0.25, -0.2) is 8.42 Å². The summed E-state index contributed by atoms with van der Waals surface area (Å²) in [5.74, 6) is 0.975. The molecule has 0 spiro atoms. The molecule has 9 heteroatoms. The Hall–Kier alpha value is -1.84. The molecular weight excluding hydrogens is 382 g/mol. The second-order valence-corrected chi connectivity index (χ2v) is 10.1. The van der Waals surface area contributed by atoms with E-state index >= 15 is 0 Å². The first kappa shape index (κ1) is 20.9. The van der Waals surface area contributed by atoms with Gasteiger partial charge in [0.1, 0.15) is 13.2 Å². The zero-order valence-corrected chi connectivity index (χ0v) is 17.7. The fourth-order valence-electron chi connectivity index (χ4n) is 3.30. The Bertz CT molecular complexity index is 826. The third kappa shape index (κ3) is 4.59. The average molecular weight is 412 g/mol. The molecular formula is C19H29N3O5S. The zero-order valence-electron chi connectivity index (χ0n) is 16.9. The maximum absolute atomic E-state index is 13.0. The van der Waals surface area contributed by atoms with Crippen LogP contribution in [0.4, 0.5) is 0 Å². The number of benzene rings is 1. The summed E-state index contributed by atoms with van der Waals surface area (Å²) in [7, 11) is -3.62. The summed E-state index contributed by atoms with van der Waals surface area (Å²) in [6.45, 7) is 10.2. The van der Waals surface area contributed by atoms with E-state index in [0.29, 0.717) is 50.9 Å². The lowest BCUT2D eigenvalue weighted by molar-refractivity contribution is -0.127. The molecule has 156 valence electrons. The molecule has 1 aromatic rings. The van der Waals surface area contributed by atoms with Crippen LogP contribution in [0, 0.1) is 0 Å². The molecule has 1 aromatic carbocycles. The van der Waals surface area contributed by atoms with Crippen molar-refractivity contribution in [2.24, 2.45) is 0 Å². The van der Waals surface area contributed by atoms with Crippen molar-refractivity contribution in [1.82, 2.24) is 14.5 Å². The number of carbonyl (C=O) groups is 1. The van der Waals surface area contributed by atoms with E-state index in [-0.39, 0.29) is 22.4 Å². The van der Waals surface area contributed by atoms with Gasteiger partial charge >= 0.3 is 0 Å². The largest absolute Gasteiger partial charge is 0.486 e. The number of nitrogens with one attached hydrogen (secondary N) is 1. The van der Waals surface area contributed by atoms with Crippen LogP contribution in [0.25, 0.3) is 0 Å². The number of rotatable bonds is 4. The molecule has 2 aliphatic rings. The number of fused-ring (bicyclic) bond motifs is 1. The van der Waals surface area contributed by atoms with E-state index in [1.54, 1.807) is 12.1 Å². The van der Waals surface area contributed by atoms with Gasteiger partial charge in [0, 0.05) is 37.8 Å². The van der Waals surface area contributed by atoms with Gasteiger partial charge in [0.2, 0.25) is 15.9 Å². The summed E-state index contributed by atoms with van der Waals surface area (Å²) >= 11 is 0. The maximum Gasteiger partial charge on any atom is 0.243 e. The van der Waals surface area contributed by atoms with E-state index in [2.05, 4.69) is 5.32 Å². The molecule has 1 N–H and O–H groups in total. The fourth-order valence-corrected chi connectivity index (χ4v) is 4.74. The van der Waals surface area contributed by atoms with Crippen molar-refractivity contribution in [3.63, 3.8) is 0 Å². The van der Waals surface area contributed by atoms with Crippen LogP contribution in [0.1, 0.15) is 27.7 Å². The summed E-state index contributed by atoms with van der Waals surface area (Å²) in [5.41, 5.74) is -0.297. The van der Waals surface area contributed by atoms with Crippen molar-refractivity contribution in [2.75, 3.05) is 39.4 Å². The molecule has 1 fully saturated rings. The topological polar surface area (TPSA) is 88.2 Å². The van der Waals surface area contributed by atoms with Crippen LogP contribution in [0.5, 0.6) is 11.5 Å². The number of hydrogen-bond donors (Lipinski definition) is 1. The predicted octanol–water partition coefficient (Wildman–Crippen LogP) is 1.07. The smallest absolute Gasteiger partial charge is 0.243 e. The highest BCUT2D eigenvalue weighted by atomic mass is 32.2. The number of nitrogens with zero attached hydrogens (tertiary/aromatic N) is 2. The molecule has 0 aliphatic carbocycles. The SMILES string of the molecule is C[C@H](C(=O)NC(C)(C)C)N1CCN(S(=O)(=O)c2ccc3c(c2)OCCO3)CC1. The first-order chi connectivity index (χ1) is 13.1. The lowest BCUT2D eigenvalue weighted by Crippen LogP contribution is -2.56. The zero-order chi connectivity index (χ0) is 20.5. The first-order valence-electron chi connectivity index (χ1n) is 9.54. The monoisotopic (exact) mass is 411 g/mol. The molecule has 2 aliphatic heterocycles. The highest BCUT2D eigenvalue weighted by Crippen LogP contribution is 2.33. The van der Waals surface area contributed by atoms with E-state index in [1.165, 1.54) is 10.4 Å². The van der Waals surface area contributed by atoms with E-state index in [0.717, 1.165) is 0 Å². The third-order valence-electron chi connectivity index (χ3n) is 4.85. The lowest BCUT2D eigenvalue weighted by Gasteiger charge is -2.37. The van der Waals surface area contributed by atoms with Crippen molar-refractivity contribution in [2.45, 2.75) is 44.2 Å². The number of piperazine rings is 1. The lowest BCUT2D eigenvalue weighted by atomic mass is 10.1. The number of sulfonamides is 1. The van der Waals surface area contributed by atoms with E-state index in [9.17, 15) is 13.2 Å². The highest BCUT2D eigenvalue weighted by Gasteiger charge is 2.33. The summed E-state index contributed by atoms with van der Waals surface area (Å²) in [6.07, 6.45) is 0. The van der Waals surface area contributed by atoms with Gasteiger partial charge in [-0.15, -0.1) is 0 Å². The average Bonchev–Trinajstić information content (AvgIpc) is 2.65. The van der Waals surface area contributed by atoms with Gasteiger partial charge in [-0.3, -0.25) is 9.69 Å². The summed E-state index contributed by atoms with van der Waals surface area (Å²) < 4.78 is 38.4. The molecule has 0 aromatic heterocycles. The number of hydrogen-bond acceptors (Lipinski definition) is 6. The minimum Gasteiger partial charge on any atom is -0.486 e. The van der Waals surface area contributed by atoms with E-state index in [1.807, 2.05) is 32.6 Å². The minimum absolute atomic E-state index is 0.0457. The highest BCUT2D eigenvalue weighted by molar-refractivity contribution is 7.89. The van der Waals surface area contributed by atoms with E-state index < -0.39 is 10.0 Å². The Morgan fingerprint density at radius 1 is 1.07 bits per heavy atom. The molecule has 2 heterocycles. The maximum atomic E-state index is 13.0. The van der Waals surface area contributed by atoms with Gasteiger partial charge in [-0.1, -0.05) is 0 Å². The summed E-state index contributed by atoms with van der Waals surface area (Å²) in [5, 5.41) is 2.97. The van der Waals surface area contributed by atoms with E-state index in [4.69, 9.17) is 9.47 Å².